The summed E-state index contributed by atoms with van der Waals surface area (Å²) in [4.78, 5) is 24.4. The van der Waals surface area contributed by atoms with Crippen LogP contribution in [-0.2, 0) is 0 Å². The third-order valence-corrected chi connectivity index (χ3v) is 4.34. The molecule has 0 atom stereocenters. The highest BCUT2D eigenvalue weighted by molar-refractivity contribution is 7.99. The Morgan fingerprint density at radius 3 is 2.81 bits per heavy atom. The zero-order valence-electron chi connectivity index (χ0n) is 13.5. The van der Waals surface area contributed by atoms with Crippen molar-refractivity contribution in [3.8, 4) is 11.6 Å². The third-order valence-electron chi connectivity index (χ3n) is 3.52. The highest BCUT2D eigenvalue weighted by atomic mass is 32.2. The molecule has 0 saturated carbocycles. The number of hydrogen-bond donors (Lipinski definition) is 0. The van der Waals surface area contributed by atoms with E-state index in [1.54, 1.807) is 37.3 Å². The lowest BCUT2D eigenvalue weighted by Crippen LogP contribution is -2.15. The number of benzene rings is 1. The van der Waals surface area contributed by atoms with Gasteiger partial charge < -0.3 is 13.4 Å². The van der Waals surface area contributed by atoms with Crippen LogP contribution >= 0.6 is 11.8 Å². The van der Waals surface area contributed by atoms with Gasteiger partial charge in [-0.25, -0.2) is 4.79 Å². The lowest BCUT2D eigenvalue weighted by molar-refractivity contribution is 0.101. The number of aryl methyl sites for hydroxylation is 1. The van der Waals surface area contributed by atoms with Crippen LogP contribution in [-0.4, -0.2) is 26.9 Å². The quantitative estimate of drug-likeness (QED) is 0.297. The highest BCUT2D eigenvalue weighted by Gasteiger charge is 2.17. The molecule has 3 aromatic heterocycles. The molecular formula is C17H11N3O5S. The van der Waals surface area contributed by atoms with Gasteiger partial charge in [-0.05, 0) is 19.1 Å². The van der Waals surface area contributed by atoms with E-state index in [-0.39, 0.29) is 28.2 Å². The molecule has 3 heterocycles. The lowest BCUT2D eigenvalue weighted by atomic mass is 10.1. The van der Waals surface area contributed by atoms with E-state index in [0.717, 1.165) is 11.8 Å². The maximum Gasteiger partial charge on any atom is 0.347 e. The standard InChI is InChI=1S/C17H11N3O5S/c1-9-6-12(20-25-9)15-18-19-17(24-15)26-8-13(21)11-7-10-4-2-3-5-14(10)23-16(11)22/h2-7H,8H2,1H3. The monoisotopic (exact) mass is 369 g/mol. The van der Waals surface area contributed by atoms with E-state index < -0.39 is 5.63 Å². The number of Topliss-reactive ketones (excluding diaryl/α,β-unsaturated/α-hetero) is 1. The molecule has 0 aliphatic rings. The number of hydrogen-bond acceptors (Lipinski definition) is 9. The molecule has 0 N–H and O–H groups in total. The van der Waals surface area contributed by atoms with Crippen molar-refractivity contribution in [3.05, 3.63) is 58.1 Å². The minimum Gasteiger partial charge on any atom is -0.422 e. The lowest BCUT2D eigenvalue weighted by Gasteiger charge is -2.00. The van der Waals surface area contributed by atoms with Crippen molar-refractivity contribution >= 4 is 28.5 Å². The Kier molecular flexibility index (Phi) is 4.13. The molecule has 0 saturated heterocycles. The van der Waals surface area contributed by atoms with Crippen molar-refractivity contribution in [2.24, 2.45) is 0 Å². The molecule has 8 nitrogen and oxygen atoms in total. The van der Waals surface area contributed by atoms with Gasteiger partial charge in [0, 0.05) is 11.5 Å². The van der Waals surface area contributed by atoms with E-state index in [4.69, 9.17) is 13.4 Å². The summed E-state index contributed by atoms with van der Waals surface area (Å²) in [5.41, 5.74) is 0.177. The van der Waals surface area contributed by atoms with Crippen molar-refractivity contribution < 1.29 is 18.2 Å². The van der Waals surface area contributed by atoms with Crippen LogP contribution in [0.5, 0.6) is 0 Å². The van der Waals surface area contributed by atoms with E-state index in [2.05, 4.69) is 15.4 Å². The van der Waals surface area contributed by atoms with Crippen LogP contribution in [0.4, 0.5) is 0 Å². The molecule has 0 aliphatic heterocycles. The Balaban J connectivity index is 1.50. The molecule has 0 spiro atoms. The second-order valence-corrected chi connectivity index (χ2v) is 6.32. The second-order valence-electron chi connectivity index (χ2n) is 5.39. The number of rotatable bonds is 5. The summed E-state index contributed by atoms with van der Waals surface area (Å²) in [7, 11) is 0. The van der Waals surface area contributed by atoms with E-state index >= 15 is 0 Å². The van der Waals surface area contributed by atoms with Gasteiger partial charge in [-0.1, -0.05) is 35.1 Å². The summed E-state index contributed by atoms with van der Waals surface area (Å²) >= 11 is 1.03. The molecular weight excluding hydrogens is 358 g/mol. The molecule has 0 aliphatic carbocycles. The fraction of sp³-hybridized carbons (Fsp3) is 0.118. The first-order chi connectivity index (χ1) is 12.6. The van der Waals surface area contributed by atoms with Crippen molar-refractivity contribution in [1.82, 2.24) is 15.4 Å². The Bertz CT molecular complexity index is 1160. The average molecular weight is 369 g/mol. The number of nitrogens with zero attached hydrogens (tertiary/aromatic N) is 3. The largest absolute Gasteiger partial charge is 0.422 e. The van der Waals surface area contributed by atoms with Gasteiger partial charge in [0.25, 0.3) is 11.1 Å². The molecule has 9 heteroatoms. The Labute approximate surface area is 150 Å². The van der Waals surface area contributed by atoms with Crippen LogP contribution in [0.25, 0.3) is 22.6 Å². The van der Waals surface area contributed by atoms with Crippen molar-refractivity contribution in [3.63, 3.8) is 0 Å². The number of aromatic nitrogens is 3. The van der Waals surface area contributed by atoms with Gasteiger partial charge >= 0.3 is 5.63 Å². The molecule has 0 amide bonds. The molecule has 4 rings (SSSR count). The molecule has 1 aromatic carbocycles. The van der Waals surface area contributed by atoms with Gasteiger partial charge in [-0.2, -0.15) is 0 Å². The van der Waals surface area contributed by atoms with Crippen LogP contribution in [0.2, 0.25) is 0 Å². The van der Waals surface area contributed by atoms with E-state index in [1.165, 1.54) is 6.07 Å². The van der Waals surface area contributed by atoms with Crippen LogP contribution < -0.4 is 5.63 Å². The summed E-state index contributed by atoms with van der Waals surface area (Å²) in [6.45, 7) is 1.75. The first-order valence-corrected chi connectivity index (χ1v) is 8.55. The number of thioether (sulfide) groups is 1. The molecule has 0 radical (unpaired) electrons. The smallest absolute Gasteiger partial charge is 0.347 e. The number of fused-ring (bicyclic) bond motifs is 1. The predicted octanol–water partition coefficient (Wildman–Crippen LogP) is 3.11. The molecule has 0 bridgehead atoms. The van der Waals surface area contributed by atoms with Crippen LogP contribution in [0, 0.1) is 6.92 Å². The van der Waals surface area contributed by atoms with Gasteiger partial charge in [0.2, 0.25) is 0 Å². The molecule has 0 fully saturated rings. The summed E-state index contributed by atoms with van der Waals surface area (Å²) in [5, 5.41) is 12.4. The first kappa shape index (κ1) is 16.3. The summed E-state index contributed by atoms with van der Waals surface area (Å²) in [6, 6.07) is 10.2. The number of carbonyl (C=O) groups excluding carboxylic acids is 1. The minimum atomic E-state index is -0.668. The summed E-state index contributed by atoms with van der Waals surface area (Å²) < 4.78 is 15.6. The second kappa shape index (κ2) is 6.60. The van der Waals surface area contributed by atoms with Gasteiger partial charge in [0.05, 0.1) is 5.75 Å². The van der Waals surface area contributed by atoms with Crippen molar-refractivity contribution in [2.75, 3.05) is 5.75 Å². The van der Waals surface area contributed by atoms with Gasteiger partial charge in [-0.3, -0.25) is 4.79 Å². The SMILES string of the molecule is Cc1cc(-c2nnc(SCC(=O)c3cc4ccccc4oc3=O)o2)no1. The maximum atomic E-state index is 12.4. The van der Waals surface area contributed by atoms with E-state index in [9.17, 15) is 9.59 Å². The number of para-hydroxylation sites is 1. The van der Waals surface area contributed by atoms with Crippen LogP contribution in [0.15, 0.2) is 59.8 Å². The summed E-state index contributed by atoms with van der Waals surface area (Å²) in [5.74, 6) is 0.391. The van der Waals surface area contributed by atoms with E-state index in [0.29, 0.717) is 22.4 Å². The molecule has 26 heavy (non-hydrogen) atoms. The number of ketones is 1. The highest BCUT2D eigenvalue weighted by Crippen LogP contribution is 2.23. The van der Waals surface area contributed by atoms with Crippen molar-refractivity contribution in [1.29, 1.82) is 0 Å². The zero-order chi connectivity index (χ0) is 18.1. The fourth-order valence-corrected chi connectivity index (χ4v) is 2.95. The summed E-state index contributed by atoms with van der Waals surface area (Å²) in [6.07, 6.45) is 0. The third kappa shape index (κ3) is 3.16. The van der Waals surface area contributed by atoms with Crippen LogP contribution in [0.3, 0.4) is 0 Å². The normalized spacial score (nSPS) is 11.1. The Morgan fingerprint density at radius 2 is 2.00 bits per heavy atom. The van der Waals surface area contributed by atoms with E-state index in [1.807, 2.05) is 0 Å². The Hall–Kier alpha value is -3.20. The van der Waals surface area contributed by atoms with Gasteiger partial charge in [-0.15, -0.1) is 10.2 Å². The zero-order valence-corrected chi connectivity index (χ0v) is 14.3. The fourth-order valence-electron chi connectivity index (χ4n) is 2.30. The van der Waals surface area contributed by atoms with Crippen LogP contribution in [0.1, 0.15) is 16.1 Å². The Morgan fingerprint density at radius 1 is 1.15 bits per heavy atom. The first-order valence-electron chi connectivity index (χ1n) is 7.56. The average Bonchev–Trinajstić information content (AvgIpc) is 3.28. The maximum absolute atomic E-state index is 12.4. The number of carbonyl (C=O) groups is 1. The van der Waals surface area contributed by atoms with Gasteiger partial charge in [0.15, 0.2) is 11.5 Å². The van der Waals surface area contributed by atoms with Gasteiger partial charge in [0.1, 0.15) is 16.9 Å². The predicted molar refractivity (Wildman–Crippen MR) is 92.1 cm³/mol. The molecule has 4 aromatic rings. The molecule has 130 valence electrons. The molecule has 0 unspecified atom stereocenters. The van der Waals surface area contributed by atoms with Crippen molar-refractivity contribution in [2.45, 2.75) is 12.1 Å². The topological polar surface area (TPSA) is 112 Å². The minimum absolute atomic E-state index is 0.0111.